The number of hydrogen-bond donors (Lipinski definition) is 2. The molecule has 0 spiro atoms. The van der Waals surface area contributed by atoms with Gasteiger partial charge in [0.25, 0.3) is 0 Å². The molecule has 110 valence electrons. The van der Waals surface area contributed by atoms with E-state index in [1.807, 2.05) is 0 Å². The van der Waals surface area contributed by atoms with Gasteiger partial charge in [-0.25, -0.2) is 0 Å². The number of aliphatic hydroxyl groups is 1. The second-order valence-corrected chi connectivity index (χ2v) is 3.95. The summed E-state index contributed by atoms with van der Waals surface area (Å²) in [5.41, 5.74) is 0. The van der Waals surface area contributed by atoms with Crippen LogP contribution in [0.3, 0.4) is 0 Å². The summed E-state index contributed by atoms with van der Waals surface area (Å²) in [6.07, 6.45) is -3.83. The Balaban J connectivity index is 5.43. The van der Waals surface area contributed by atoms with Gasteiger partial charge in [0.2, 0.25) is 0 Å². The SMILES string of the molecule is OCCC(F)(F)C(F)(F)C(F)(F)C(F)(F)CCS. The summed E-state index contributed by atoms with van der Waals surface area (Å²) in [5, 5.41) is 8.08. The minimum absolute atomic E-state index is 0.885. The van der Waals surface area contributed by atoms with Crippen LogP contribution in [0.1, 0.15) is 12.8 Å². The average molecular weight is 306 g/mol. The van der Waals surface area contributed by atoms with Gasteiger partial charge in [-0.2, -0.15) is 47.8 Å². The molecule has 18 heavy (non-hydrogen) atoms. The first-order valence-corrected chi connectivity index (χ1v) is 5.23. The summed E-state index contributed by atoms with van der Waals surface area (Å²) < 4.78 is 103. The highest BCUT2D eigenvalue weighted by molar-refractivity contribution is 7.80. The highest BCUT2D eigenvalue weighted by Crippen LogP contribution is 2.54. The van der Waals surface area contributed by atoms with Gasteiger partial charge in [-0.1, -0.05) is 0 Å². The first-order valence-electron chi connectivity index (χ1n) is 4.60. The molecule has 0 aromatic carbocycles. The van der Waals surface area contributed by atoms with E-state index >= 15 is 0 Å². The molecule has 0 aliphatic rings. The summed E-state index contributed by atoms with van der Waals surface area (Å²) in [7, 11) is 0. The van der Waals surface area contributed by atoms with Crippen molar-refractivity contribution in [1.29, 1.82) is 0 Å². The Morgan fingerprint density at radius 3 is 1.33 bits per heavy atom. The van der Waals surface area contributed by atoms with Crippen LogP contribution in [0.15, 0.2) is 0 Å². The molecule has 0 aliphatic heterocycles. The van der Waals surface area contributed by atoms with Crippen molar-refractivity contribution in [3.05, 3.63) is 0 Å². The molecule has 0 saturated heterocycles. The maximum Gasteiger partial charge on any atom is 0.378 e. The largest absolute Gasteiger partial charge is 0.396 e. The van der Waals surface area contributed by atoms with E-state index in [0.717, 1.165) is 0 Å². The van der Waals surface area contributed by atoms with Crippen LogP contribution in [-0.2, 0) is 0 Å². The monoisotopic (exact) mass is 306 g/mol. The van der Waals surface area contributed by atoms with Crippen molar-refractivity contribution in [3.8, 4) is 0 Å². The standard InChI is InChI=1S/C8H10F8OS/c9-5(10,1-3-17)7(13,14)8(15,16)6(11,12)2-4-18/h17-18H,1-4H2. The quantitative estimate of drug-likeness (QED) is 0.546. The van der Waals surface area contributed by atoms with Crippen molar-refractivity contribution in [2.45, 2.75) is 36.5 Å². The van der Waals surface area contributed by atoms with E-state index in [2.05, 4.69) is 12.6 Å². The van der Waals surface area contributed by atoms with E-state index in [0.29, 0.717) is 0 Å². The van der Waals surface area contributed by atoms with Crippen molar-refractivity contribution in [2.75, 3.05) is 12.4 Å². The predicted molar refractivity (Wildman–Crippen MR) is 50.0 cm³/mol. The molecule has 1 nitrogen and oxygen atoms in total. The second kappa shape index (κ2) is 5.40. The van der Waals surface area contributed by atoms with Gasteiger partial charge in [0.05, 0.1) is 0 Å². The van der Waals surface area contributed by atoms with Crippen molar-refractivity contribution in [1.82, 2.24) is 0 Å². The summed E-state index contributed by atoms with van der Waals surface area (Å²) in [6, 6.07) is 0. The Hall–Kier alpha value is -0.250. The highest BCUT2D eigenvalue weighted by Gasteiger charge is 2.79. The molecule has 0 amide bonds. The zero-order valence-electron chi connectivity index (χ0n) is 8.75. The molecule has 1 N–H and O–H groups in total. The Labute approximate surface area is 103 Å². The van der Waals surface area contributed by atoms with E-state index in [1.54, 1.807) is 0 Å². The fraction of sp³-hybridized carbons (Fsp3) is 1.00. The van der Waals surface area contributed by atoms with E-state index in [-0.39, 0.29) is 0 Å². The van der Waals surface area contributed by atoms with Gasteiger partial charge in [-0.05, 0) is 5.75 Å². The molecule has 0 bridgehead atoms. The molecule has 0 radical (unpaired) electrons. The molecule has 0 aromatic rings. The second-order valence-electron chi connectivity index (χ2n) is 3.50. The smallest absolute Gasteiger partial charge is 0.378 e. The van der Waals surface area contributed by atoms with Gasteiger partial charge >= 0.3 is 23.7 Å². The number of halogens is 8. The summed E-state index contributed by atoms with van der Waals surface area (Å²) in [6.45, 7) is -1.54. The van der Waals surface area contributed by atoms with Gasteiger partial charge in [0, 0.05) is 19.4 Å². The van der Waals surface area contributed by atoms with Gasteiger partial charge in [0.1, 0.15) is 0 Å². The fourth-order valence-electron chi connectivity index (χ4n) is 1.05. The van der Waals surface area contributed by atoms with Crippen LogP contribution in [0, 0.1) is 0 Å². The molecule has 0 fully saturated rings. The summed E-state index contributed by atoms with van der Waals surface area (Å²) in [5.74, 6) is -24.2. The molecule has 0 atom stereocenters. The number of hydrogen-bond acceptors (Lipinski definition) is 2. The molecule has 0 saturated carbocycles. The maximum absolute atomic E-state index is 12.9. The van der Waals surface area contributed by atoms with Gasteiger partial charge in [0.15, 0.2) is 0 Å². The molecule has 10 heteroatoms. The van der Waals surface area contributed by atoms with Crippen molar-refractivity contribution in [2.24, 2.45) is 0 Å². The minimum atomic E-state index is -6.28. The Morgan fingerprint density at radius 1 is 0.722 bits per heavy atom. The van der Waals surface area contributed by atoms with Crippen LogP contribution in [0.2, 0.25) is 0 Å². The third-order valence-corrected chi connectivity index (χ3v) is 2.39. The van der Waals surface area contributed by atoms with E-state index in [9.17, 15) is 35.1 Å². The van der Waals surface area contributed by atoms with Gasteiger partial charge < -0.3 is 5.11 Å². The molecular formula is C8H10F8OS. The summed E-state index contributed by atoms with van der Waals surface area (Å²) >= 11 is 3.17. The zero-order valence-corrected chi connectivity index (χ0v) is 9.64. The van der Waals surface area contributed by atoms with Crippen LogP contribution in [0.25, 0.3) is 0 Å². The summed E-state index contributed by atoms with van der Waals surface area (Å²) in [4.78, 5) is 0. The lowest BCUT2D eigenvalue weighted by atomic mass is 9.95. The van der Waals surface area contributed by atoms with Crippen LogP contribution < -0.4 is 0 Å². The lowest BCUT2D eigenvalue weighted by molar-refractivity contribution is -0.367. The number of alkyl halides is 8. The minimum Gasteiger partial charge on any atom is -0.396 e. The lowest BCUT2D eigenvalue weighted by Gasteiger charge is -2.36. The Bertz CT molecular complexity index is 252. The van der Waals surface area contributed by atoms with Crippen molar-refractivity contribution < 1.29 is 40.2 Å². The zero-order chi connectivity index (χ0) is 14.8. The molecular weight excluding hydrogens is 296 g/mol. The Morgan fingerprint density at radius 2 is 1.06 bits per heavy atom. The van der Waals surface area contributed by atoms with Crippen molar-refractivity contribution in [3.63, 3.8) is 0 Å². The molecule has 0 aliphatic carbocycles. The average Bonchev–Trinajstić information content (AvgIpc) is 2.16. The fourth-order valence-corrected chi connectivity index (χ4v) is 1.34. The van der Waals surface area contributed by atoms with E-state index in [1.165, 1.54) is 0 Å². The maximum atomic E-state index is 12.9. The van der Waals surface area contributed by atoms with E-state index in [4.69, 9.17) is 5.11 Å². The molecule has 0 rings (SSSR count). The first-order chi connectivity index (χ1) is 7.87. The van der Waals surface area contributed by atoms with Crippen LogP contribution in [0.4, 0.5) is 35.1 Å². The van der Waals surface area contributed by atoms with Gasteiger partial charge in [-0.3, -0.25) is 0 Å². The van der Waals surface area contributed by atoms with Crippen LogP contribution in [-0.4, -0.2) is 41.2 Å². The Kier molecular flexibility index (Phi) is 5.32. The third-order valence-electron chi connectivity index (χ3n) is 2.16. The van der Waals surface area contributed by atoms with Gasteiger partial charge in [-0.15, -0.1) is 0 Å². The molecule has 0 heterocycles. The predicted octanol–water partition coefficient (Wildman–Crippen LogP) is 3.23. The first kappa shape index (κ1) is 17.8. The van der Waals surface area contributed by atoms with E-state index < -0.39 is 48.9 Å². The van der Waals surface area contributed by atoms with Crippen molar-refractivity contribution >= 4 is 12.6 Å². The normalized spacial score (nSPS) is 15.0. The van der Waals surface area contributed by atoms with Crippen LogP contribution >= 0.6 is 12.6 Å². The topological polar surface area (TPSA) is 20.2 Å². The number of thiol groups is 1. The number of rotatable bonds is 7. The third kappa shape index (κ3) is 2.84. The van der Waals surface area contributed by atoms with Crippen LogP contribution in [0.5, 0.6) is 0 Å². The highest BCUT2D eigenvalue weighted by atomic mass is 32.1. The lowest BCUT2D eigenvalue weighted by Crippen LogP contribution is -2.62. The molecule has 0 unspecified atom stereocenters. The molecule has 0 aromatic heterocycles. The number of aliphatic hydroxyl groups excluding tert-OH is 1.